The molecule has 0 aliphatic rings. The van der Waals surface area contributed by atoms with Crippen molar-refractivity contribution in [2.24, 2.45) is 0 Å². The van der Waals surface area contributed by atoms with Gasteiger partial charge in [-0.05, 0) is 48.7 Å². The molecule has 0 spiro atoms. The first-order chi connectivity index (χ1) is 9.19. The maximum atomic E-state index is 12.9. The van der Waals surface area contributed by atoms with Gasteiger partial charge in [0.2, 0.25) is 0 Å². The Kier molecular flexibility index (Phi) is 4.53. The molecule has 19 heavy (non-hydrogen) atoms. The number of anilines is 1. The second-order valence-electron chi connectivity index (χ2n) is 4.59. The van der Waals surface area contributed by atoms with Crippen molar-refractivity contribution in [2.45, 2.75) is 19.4 Å². The van der Waals surface area contributed by atoms with Crippen LogP contribution in [0.4, 0.5) is 10.1 Å². The summed E-state index contributed by atoms with van der Waals surface area (Å²) >= 11 is 0. The third-order valence-corrected chi connectivity index (χ3v) is 3.11. The maximum Gasteiger partial charge on any atom is 0.123 e. The van der Waals surface area contributed by atoms with Gasteiger partial charge in [0.1, 0.15) is 5.82 Å². The van der Waals surface area contributed by atoms with Crippen molar-refractivity contribution in [3.05, 3.63) is 65.5 Å². The molecule has 0 amide bonds. The average molecular weight is 259 g/mol. The summed E-state index contributed by atoms with van der Waals surface area (Å²) in [5.41, 5.74) is 3.17. The van der Waals surface area contributed by atoms with Crippen LogP contribution in [0.15, 0.2) is 48.5 Å². The van der Waals surface area contributed by atoms with Gasteiger partial charge >= 0.3 is 0 Å². The standard InChI is InChI=1S/C16H18FNO/c1-12(14-4-6-15(17)7-5-14)18-16-8-2-13(3-9-16)10-11-19/h2-9,12,18-19H,10-11H2,1H3. The number of nitrogens with one attached hydrogen (secondary N) is 1. The highest BCUT2D eigenvalue weighted by atomic mass is 19.1. The van der Waals surface area contributed by atoms with E-state index in [1.165, 1.54) is 12.1 Å². The molecule has 0 saturated heterocycles. The summed E-state index contributed by atoms with van der Waals surface area (Å²) in [5, 5.41) is 12.2. The van der Waals surface area contributed by atoms with Gasteiger partial charge in [0, 0.05) is 18.3 Å². The van der Waals surface area contributed by atoms with Crippen LogP contribution in [0.2, 0.25) is 0 Å². The van der Waals surface area contributed by atoms with Crippen LogP contribution in [0, 0.1) is 5.82 Å². The van der Waals surface area contributed by atoms with Crippen LogP contribution in [0.25, 0.3) is 0 Å². The third kappa shape index (κ3) is 3.80. The van der Waals surface area contributed by atoms with E-state index in [1.807, 2.05) is 31.2 Å². The van der Waals surface area contributed by atoms with E-state index in [1.54, 1.807) is 12.1 Å². The zero-order chi connectivity index (χ0) is 13.7. The Balaban J connectivity index is 2.01. The van der Waals surface area contributed by atoms with Gasteiger partial charge in [0.05, 0.1) is 0 Å². The predicted molar refractivity (Wildman–Crippen MR) is 75.7 cm³/mol. The fourth-order valence-corrected chi connectivity index (χ4v) is 1.98. The lowest BCUT2D eigenvalue weighted by Gasteiger charge is -2.16. The number of hydrogen-bond acceptors (Lipinski definition) is 2. The Bertz CT molecular complexity index is 507. The molecular weight excluding hydrogens is 241 g/mol. The first kappa shape index (κ1) is 13.6. The molecule has 2 aromatic carbocycles. The van der Waals surface area contributed by atoms with Crippen molar-refractivity contribution in [3.63, 3.8) is 0 Å². The fourth-order valence-electron chi connectivity index (χ4n) is 1.98. The lowest BCUT2D eigenvalue weighted by Crippen LogP contribution is -2.06. The van der Waals surface area contributed by atoms with Gasteiger partial charge in [0.25, 0.3) is 0 Å². The molecule has 2 rings (SSSR count). The van der Waals surface area contributed by atoms with Crippen LogP contribution in [-0.2, 0) is 6.42 Å². The van der Waals surface area contributed by atoms with Crippen LogP contribution in [0.5, 0.6) is 0 Å². The van der Waals surface area contributed by atoms with Crippen LogP contribution < -0.4 is 5.32 Å². The molecule has 0 saturated carbocycles. The summed E-state index contributed by atoms with van der Waals surface area (Å²) in [4.78, 5) is 0. The lowest BCUT2D eigenvalue weighted by atomic mass is 10.1. The van der Waals surface area contributed by atoms with Crippen molar-refractivity contribution in [1.82, 2.24) is 0 Å². The Hall–Kier alpha value is -1.87. The van der Waals surface area contributed by atoms with E-state index in [-0.39, 0.29) is 18.5 Å². The molecule has 100 valence electrons. The molecule has 1 atom stereocenters. The van der Waals surface area contributed by atoms with Crippen molar-refractivity contribution in [1.29, 1.82) is 0 Å². The summed E-state index contributed by atoms with van der Waals surface area (Å²) in [6, 6.07) is 14.6. The molecule has 0 heterocycles. The van der Waals surface area contributed by atoms with Gasteiger partial charge < -0.3 is 10.4 Å². The van der Waals surface area contributed by atoms with E-state index < -0.39 is 0 Å². The minimum absolute atomic E-state index is 0.115. The Morgan fingerprint density at radius 2 is 1.68 bits per heavy atom. The van der Waals surface area contributed by atoms with Gasteiger partial charge in [0.15, 0.2) is 0 Å². The quantitative estimate of drug-likeness (QED) is 0.861. The van der Waals surface area contributed by atoms with Crippen LogP contribution >= 0.6 is 0 Å². The molecule has 0 aliphatic heterocycles. The summed E-state index contributed by atoms with van der Waals surface area (Å²) in [5.74, 6) is -0.218. The Morgan fingerprint density at radius 3 is 2.26 bits per heavy atom. The Morgan fingerprint density at radius 1 is 1.05 bits per heavy atom. The van der Waals surface area contributed by atoms with Crippen molar-refractivity contribution in [3.8, 4) is 0 Å². The highest BCUT2D eigenvalue weighted by molar-refractivity contribution is 5.46. The van der Waals surface area contributed by atoms with Gasteiger partial charge in [-0.15, -0.1) is 0 Å². The van der Waals surface area contributed by atoms with Crippen LogP contribution in [0.1, 0.15) is 24.1 Å². The molecule has 0 aromatic heterocycles. The predicted octanol–water partition coefficient (Wildman–Crippen LogP) is 3.53. The minimum atomic E-state index is -0.218. The van der Waals surface area contributed by atoms with E-state index in [4.69, 9.17) is 5.11 Å². The molecule has 2 nitrogen and oxygen atoms in total. The molecular formula is C16H18FNO. The van der Waals surface area contributed by atoms with Crippen molar-refractivity contribution >= 4 is 5.69 Å². The highest BCUT2D eigenvalue weighted by Gasteiger charge is 2.05. The number of aliphatic hydroxyl groups excluding tert-OH is 1. The second kappa shape index (κ2) is 6.34. The lowest BCUT2D eigenvalue weighted by molar-refractivity contribution is 0.299. The molecule has 0 radical (unpaired) electrons. The molecule has 3 heteroatoms. The summed E-state index contributed by atoms with van der Waals surface area (Å²) in [6.07, 6.45) is 0.674. The number of hydrogen-bond donors (Lipinski definition) is 2. The maximum absolute atomic E-state index is 12.9. The first-order valence-corrected chi connectivity index (χ1v) is 6.41. The smallest absolute Gasteiger partial charge is 0.123 e. The average Bonchev–Trinajstić information content (AvgIpc) is 2.42. The van der Waals surface area contributed by atoms with E-state index in [0.717, 1.165) is 16.8 Å². The topological polar surface area (TPSA) is 32.3 Å². The second-order valence-corrected chi connectivity index (χ2v) is 4.59. The molecule has 0 fully saturated rings. The van der Waals surface area contributed by atoms with E-state index in [0.29, 0.717) is 6.42 Å². The molecule has 0 bridgehead atoms. The Labute approximate surface area is 112 Å². The van der Waals surface area contributed by atoms with E-state index >= 15 is 0 Å². The summed E-state index contributed by atoms with van der Waals surface area (Å²) in [6.45, 7) is 2.20. The normalized spacial score (nSPS) is 12.2. The first-order valence-electron chi connectivity index (χ1n) is 6.41. The van der Waals surface area contributed by atoms with Gasteiger partial charge in [-0.3, -0.25) is 0 Å². The SMILES string of the molecule is CC(Nc1ccc(CCO)cc1)c1ccc(F)cc1. The molecule has 2 aromatic rings. The van der Waals surface area contributed by atoms with Crippen molar-refractivity contribution < 1.29 is 9.50 Å². The van der Waals surface area contributed by atoms with E-state index in [2.05, 4.69) is 5.32 Å². The van der Waals surface area contributed by atoms with Crippen molar-refractivity contribution in [2.75, 3.05) is 11.9 Å². The van der Waals surface area contributed by atoms with Gasteiger partial charge in [-0.2, -0.15) is 0 Å². The number of halogens is 1. The van der Waals surface area contributed by atoms with Gasteiger partial charge in [-0.1, -0.05) is 24.3 Å². The highest BCUT2D eigenvalue weighted by Crippen LogP contribution is 2.19. The fraction of sp³-hybridized carbons (Fsp3) is 0.250. The molecule has 2 N–H and O–H groups in total. The monoisotopic (exact) mass is 259 g/mol. The van der Waals surface area contributed by atoms with Crippen LogP contribution in [0.3, 0.4) is 0 Å². The number of rotatable bonds is 5. The largest absolute Gasteiger partial charge is 0.396 e. The summed E-state index contributed by atoms with van der Waals surface area (Å²) in [7, 11) is 0. The number of benzene rings is 2. The van der Waals surface area contributed by atoms with E-state index in [9.17, 15) is 4.39 Å². The van der Waals surface area contributed by atoms with Crippen LogP contribution in [-0.4, -0.2) is 11.7 Å². The zero-order valence-corrected chi connectivity index (χ0v) is 10.9. The van der Waals surface area contributed by atoms with Gasteiger partial charge in [-0.25, -0.2) is 4.39 Å². The molecule has 1 unspecified atom stereocenters. The number of aliphatic hydroxyl groups is 1. The summed E-state index contributed by atoms with van der Waals surface area (Å²) < 4.78 is 12.9. The zero-order valence-electron chi connectivity index (χ0n) is 10.9. The minimum Gasteiger partial charge on any atom is -0.396 e. The molecule has 0 aliphatic carbocycles. The third-order valence-electron chi connectivity index (χ3n) is 3.11.